The Balaban J connectivity index is 1.87. The summed E-state index contributed by atoms with van der Waals surface area (Å²) in [4.78, 5) is 11.7. The van der Waals surface area contributed by atoms with Gasteiger partial charge in [0, 0.05) is 17.7 Å². The van der Waals surface area contributed by atoms with Gasteiger partial charge in [0.05, 0.1) is 6.10 Å². The Morgan fingerprint density at radius 1 is 1.76 bits per heavy atom. The Kier molecular flexibility index (Phi) is 2.82. The Labute approximate surface area is 99.8 Å². The van der Waals surface area contributed by atoms with Gasteiger partial charge in [-0.15, -0.1) is 0 Å². The molecule has 2 rings (SSSR count). The lowest BCUT2D eigenvalue weighted by molar-refractivity contribution is -0.130. The number of hydrogen-bond donors (Lipinski definition) is 3. The van der Waals surface area contributed by atoms with E-state index in [9.17, 15) is 9.90 Å². The maximum Gasteiger partial charge on any atom is 0.241 e. The van der Waals surface area contributed by atoms with Crippen molar-refractivity contribution in [2.75, 3.05) is 5.73 Å². The molecule has 1 heterocycles. The number of aliphatic hydroxyl groups is 1. The minimum Gasteiger partial charge on any atom is -0.392 e. The molecule has 0 aliphatic heterocycles. The van der Waals surface area contributed by atoms with Gasteiger partial charge in [-0.1, -0.05) is 13.8 Å². The molecule has 0 spiro atoms. The number of carbonyl (C=O) groups is 1. The van der Waals surface area contributed by atoms with Crippen LogP contribution in [0.25, 0.3) is 0 Å². The minimum absolute atomic E-state index is 0.0258. The molecule has 1 aromatic heterocycles. The predicted molar refractivity (Wildman–Crippen MR) is 63.0 cm³/mol. The number of amides is 1. The number of nitrogens with two attached hydrogens (primary N) is 1. The quantitative estimate of drug-likeness (QED) is 0.676. The van der Waals surface area contributed by atoms with E-state index >= 15 is 0 Å². The van der Waals surface area contributed by atoms with Crippen molar-refractivity contribution in [2.24, 2.45) is 5.41 Å². The number of aromatic nitrogens is 2. The molecule has 6 heteroatoms. The summed E-state index contributed by atoms with van der Waals surface area (Å²) in [6.45, 7) is 4.04. The molecule has 0 radical (unpaired) electrons. The monoisotopic (exact) mass is 238 g/mol. The number of nitrogen functional groups attached to an aromatic ring is 1. The standard InChI is InChI=1S/C11H18N4O2/c1-11(2)7(5-8(11)16)13-10(17)6-15-4-3-9(12)14-15/h3-4,7-8,16H,5-6H2,1-2H3,(H2,12,14)(H,13,17). The van der Waals surface area contributed by atoms with Crippen LogP contribution in [0.15, 0.2) is 12.3 Å². The molecule has 2 atom stereocenters. The number of nitrogens with one attached hydrogen (secondary N) is 1. The molecule has 1 saturated carbocycles. The van der Waals surface area contributed by atoms with Crippen molar-refractivity contribution in [3.05, 3.63) is 12.3 Å². The van der Waals surface area contributed by atoms with Gasteiger partial charge >= 0.3 is 0 Å². The summed E-state index contributed by atoms with van der Waals surface area (Å²) in [6.07, 6.45) is 1.93. The van der Waals surface area contributed by atoms with Gasteiger partial charge in [0.1, 0.15) is 12.4 Å². The first-order chi connectivity index (χ1) is 7.89. The summed E-state index contributed by atoms with van der Waals surface area (Å²) in [5.41, 5.74) is 5.21. The van der Waals surface area contributed by atoms with Crippen molar-refractivity contribution in [2.45, 2.75) is 39.0 Å². The van der Waals surface area contributed by atoms with E-state index in [2.05, 4.69) is 10.4 Å². The number of anilines is 1. The lowest BCUT2D eigenvalue weighted by Crippen LogP contribution is -2.61. The summed E-state index contributed by atoms with van der Waals surface area (Å²) < 4.78 is 1.49. The van der Waals surface area contributed by atoms with Crippen molar-refractivity contribution >= 4 is 11.7 Å². The molecule has 1 fully saturated rings. The largest absolute Gasteiger partial charge is 0.392 e. The van der Waals surface area contributed by atoms with Crippen LogP contribution in [0, 0.1) is 5.41 Å². The van der Waals surface area contributed by atoms with Crippen LogP contribution in [-0.2, 0) is 11.3 Å². The van der Waals surface area contributed by atoms with Crippen LogP contribution in [0.2, 0.25) is 0 Å². The van der Waals surface area contributed by atoms with Gasteiger partial charge in [0.15, 0.2) is 0 Å². The van der Waals surface area contributed by atoms with Gasteiger partial charge < -0.3 is 16.2 Å². The van der Waals surface area contributed by atoms with Crippen molar-refractivity contribution < 1.29 is 9.90 Å². The number of nitrogens with zero attached hydrogens (tertiary/aromatic N) is 2. The van der Waals surface area contributed by atoms with Crippen LogP contribution in [0.5, 0.6) is 0 Å². The van der Waals surface area contributed by atoms with Crippen LogP contribution < -0.4 is 11.1 Å². The maximum atomic E-state index is 11.7. The second kappa shape index (κ2) is 4.03. The fourth-order valence-corrected chi connectivity index (χ4v) is 2.00. The van der Waals surface area contributed by atoms with Crippen molar-refractivity contribution in [1.82, 2.24) is 15.1 Å². The minimum atomic E-state index is -0.340. The number of aliphatic hydroxyl groups excluding tert-OH is 1. The van der Waals surface area contributed by atoms with Crippen LogP contribution in [-0.4, -0.2) is 32.9 Å². The molecule has 94 valence electrons. The molecule has 2 unspecified atom stereocenters. The molecule has 0 saturated heterocycles. The third kappa shape index (κ3) is 2.26. The van der Waals surface area contributed by atoms with Crippen LogP contribution in [0.4, 0.5) is 5.82 Å². The van der Waals surface area contributed by atoms with Gasteiger partial charge in [-0.05, 0) is 12.5 Å². The highest BCUT2D eigenvalue weighted by molar-refractivity contribution is 5.76. The fourth-order valence-electron chi connectivity index (χ4n) is 2.00. The van der Waals surface area contributed by atoms with Crippen LogP contribution in [0.3, 0.4) is 0 Å². The molecule has 0 aromatic carbocycles. The Morgan fingerprint density at radius 3 is 2.94 bits per heavy atom. The molecule has 1 aliphatic rings. The molecule has 0 bridgehead atoms. The molecule has 6 nitrogen and oxygen atoms in total. The highest BCUT2D eigenvalue weighted by atomic mass is 16.3. The molecule has 1 amide bonds. The molecule has 1 aliphatic carbocycles. The Morgan fingerprint density at radius 2 is 2.47 bits per heavy atom. The summed E-state index contributed by atoms with van der Waals surface area (Å²) >= 11 is 0. The third-order valence-electron chi connectivity index (χ3n) is 3.52. The summed E-state index contributed by atoms with van der Waals surface area (Å²) in [7, 11) is 0. The van der Waals surface area contributed by atoms with Crippen molar-refractivity contribution in [3.8, 4) is 0 Å². The first-order valence-electron chi connectivity index (χ1n) is 5.66. The molecular formula is C11H18N4O2. The smallest absolute Gasteiger partial charge is 0.241 e. The summed E-state index contributed by atoms with van der Waals surface area (Å²) in [6, 6.07) is 1.67. The maximum absolute atomic E-state index is 11.7. The fraction of sp³-hybridized carbons (Fsp3) is 0.636. The predicted octanol–water partition coefficient (Wildman–Crippen LogP) is -0.259. The van der Waals surface area contributed by atoms with Gasteiger partial charge in [0.2, 0.25) is 5.91 Å². The first-order valence-corrected chi connectivity index (χ1v) is 5.66. The van der Waals surface area contributed by atoms with Crippen molar-refractivity contribution in [1.29, 1.82) is 0 Å². The average molecular weight is 238 g/mol. The molecule has 1 aromatic rings. The zero-order valence-electron chi connectivity index (χ0n) is 10.1. The van der Waals surface area contributed by atoms with E-state index in [4.69, 9.17) is 5.73 Å². The van der Waals surface area contributed by atoms with E-state index in [0.717, 1.165) is 0 Å². The zero-order valence-corrected chi connectivity index (χ0v) is 10.1. The Bertz CT molecular complexity index is 427. The first kappa shape index (κ1) is 11.9. The van der Waals surface area contributed by atoms with E-state index in [1.54, 1.807) is 12.3 Å². The van der Waals surface area contributed by atoms with Crippen LogP contribution in [0.1, 0.15) is 20.3 Å². The third-order valence-corrected chi connectivity index (χ3v) is 3.52. The van der Waals surface area contributed by atoms with Gasteiger partial charge in [-0.25, -0.2) is 0 Å². The van der Waals surface area contributed by atoms with Gasteiger partial charge in [-0.2, -0.15) is 5.10 Å². The lowest BCUT2D eigenvalue weighted by atomic mass is 9.64. The topological polar surface area (TPSA) is 93.2 Å². The van der Waals surface area contributed by atoms with E-state index in [1.165, 1.54) is 4.68 Å². The molecule has 4 N–H and O–H groups in total. The highest BCUT2D eigenvalue weighted by Gasteiger charge is 2.47. The van der Waals surface area contributed by atoms with Crippen LogP contribution >= 0.6 is 0 Å². The van der Waals surface area contributed by atoms with E-state index in [-0.39, 0.29) is 30.0 Å². The van der Waals surface area contributed by atoms with E-state index in [0.29, 0.717) is 12.2 Å². The highest BCUT2D eigenvalue weighted by Crippen LogP contribution is 2.40. The normalized spacial score (nSPS) is 26.3. The summed E-state index contributed by atoms with van der Waals surface area (Å²) in [5, 5.41) is 16.4. The van der Waals surface area contributed by atoms with E-state index in [1.807, 2.05) is 13.8 Å². The van der Waals surface area contributed by atoms with Crippen molar-refractivity contribution in [3.63, 3.8) is 0 Å². The zero-order chi connectivity index (χ0) is 12.6. The second-order valence-electron chi connectivity index (χ2n) is 5.13. The van der Waals surface area contributed by atoms with Gasteiger partial charge in [0.25, 0.3) is 0 Å². The lowest BCUT2D eigenvalue weighted by Gasteiger charge is -2.49. The molecule has 17 heavy (non-hydrogen) atoms. The Hall–Kier alpha value is -1.56. The van der Waals surface area contributed by atoms with Gasteiger partial charge in [-0.3, -0.25) is 9.48 Å². The number of rotatable bonds is 3. The number of hydrogen-bond acceptors (Lipinski definition) is 4. The molecular weight excluding hydrogens is 220 g/mol. The number of carbonyl (C=O) groups excluding carboxylic acids is 1. The summed E-state index contributed by atoms with van der Waals surface area (Å²) in [5.74, 6) is 0.287. The second-order valence-corrected chi connectivity index (χ2v) is 5.13. The van der Waals surface area contributed by atoms with E-state index < -0.39 is 0 Å². The average Bonchev–Trinajstić information content (AvgIpc) is 2.63. The SMILES string of the molecule is CC1(C)C(O)CC1NC(=O)Cn1ccc(N)n1.